The lowest BCUT2D eigenvalue weighted by molar-refractivity contribution is 0.436. The molecular weight excluding hydrogens is 389 g/mol. The first-order valence-corrected chi connectivity index (χ1v) is 10.7. The number of hydrogen-bond donors (Lipinski definition) is 3. The van der Waals surface area contributed by atoms with Crippen molar-refractivity contribution < 1.29 is 4.39 Å². The highest BCUT2D eigenvalue weighted by atomic mass is 19.1. The molecular formula is C25H34FN5. The van der Waals surface area contributed by atoms with Crippen molar-refractivity contribution in [1.82, 2.24) is 5.32 Å². The van der Waals surface area contributed by atoms with E-state index in [4.69, 9.17) is 16.5 Å². The molecule has 5 nitrogen and oxygen atoms in total. The van der Waals surface area contributed by atoms with Crippen LogP contribution in [-0.4, -0.2) is 31.6 Å². The van der Waals surface area contributed by atoms with Crippen LogP contribution in [0.4, 0.5) is 10.1 Å². The number of nitrogens with one attached hydrogen (secondary N) is 1. The van der Waals surface area contributed by atoms with Gasteiger partial charge in [-0.1, -0.05) is 18.6 Å². The summed E-state index contributed by atoms with van der Waals surface area (Å²) in [7, 11) is 0. The number of nitrogens with two attached hydrogens (primary N) is 2. The van der Waals surface area contributed by atoms with Crippen LogP contribution in [0.25, 0.3) is 0 Å². The molecule has 0 saturated carbocycles. The van der Waals surface area contributed by atoms with Crippen molar-refractivity contribution in [2.75, 3.05) is 19.6 Å². The van der Waals surface area contributed by atoms with Gasteiger partial charge in [-0.2, -0.15) is 0 Å². The highest BCUT2D eigenvalue weighted by molar-refractivity contribution is 6.11. The maximum absolute atomic E-state index is 13.3. The standard InChI is InChI=1S/C25H34FN5/c1-4-25(14-19(16-27)18-30-6-3)15-20(17-28)24(13-21(25)11-12-29-5-2)31-23-9-7-22(26)8-10-23/h4,7-10,13,16-18,29H,1,5-6,11-12,14-15,27-28H2,2-3H3. The van der Waals surface area contributed by atoms with Crippen LogP contribution in [-0.2, 0) is 0 Å². The van der Waals surface area contributed by atoms with Gasteiger partial charge in [0.25, 0.3) is 0 Å². The van der Waals surface area contributed by atoms with Crippen LogP contribution in [0.3, 0.4) is 0 Å². The molecule has 0 aliphatic heterocycles. The first-order chi connectivity index (χ1) is 15.0. The lowest BCUT2D eigenvalue weighted by atomic mass is 9.66. The van der Waals surface area contributed by atoms with E-state index in [9.17, 15) is 4.39 Å². The average molecular weight is 424 g/mol. The zero-order valence-electron chi connectivity index (χ0n) is 18.6. The van der Waals surface area contributed by atoms with Crippen molar-refractivity contribution in [2.24, 2.45) is 26.9 Å². The number of nitrogens with zero attached hydrogens (tertiary/aromatic N) is 2. The Morgan fingerprint density at radius 3 is 2.58 bits per heavy atom. The van der Waals surface area contributed by atoms with Crippen LogP contribution >= 0.6 is 0 Å². The topological polar surface area (TPSA) is 88.8 Å². The third kappa shape index (κ3) is 6.49. The van der Waals surface area contributed by atoms with Crippen LogP contribution in [0.5, 0.6) is 0 Å². The van der Waals surface area contributed by atoms with Gasteiger partial charge in [-0.05, 0) is 93.2 Å². The molecule has 5 N–H and O–H groups in total. The van der Waals surface area contributed by atoms with Crippen molar-refractivity contribution >= 4 is 17.6 Å². The second-order valence-corrected chi connectivity index (χ2v) is 7.52. The molecule has 1 aromatic rings. The van der Waals surface area contributed by atoms with E-state index in [0.717, 1.165) is 36.4 Å². The molecule has 31 heavy (non-hydrogen) atoms. The Kier molecular flexibility index (Phi) is 9.40. The molecule has 0 spiro atoms. The van der Waals surface area contributed by atoms with Gasteiger partial charge in [-0.3, -0.25) is 4.99 Å². The zero-order valence-corrected chi connectivity index (χ0v) is 18.6. The van der Waals surface area contributed by atoms with Gasteiger partial charge >= 0.3 is 0 Å². The summed E-state index contributed by atoms with van der Waals surface area (Å²) in [6.07, 6.45) is 11.3. The van der Waals surface area contributed by atoms with Gasteiger partial charge in [-0.15, -0.1) is 6.58 Å². The largest absolute Gasteiger partial charge is 0.404 e. The molecule has 1 aromatic carbocycles. The van der Waals surface area contributed by atoms with Crippen LogP contribution in [0.15, 0.2) is 82.1 Å². The number of rotatable bonds is 10. The van der Waals surface area contributed by atoms with Crippen LogP contribution in [0, 0.1) is 11.2 Å². The molecule has 166 valence electrons. The molecule has 1 aliphatic rings. The first kappa shape index (κ1) is 24.3. The Hall–Kier alpha value is -2.99. The molecule has 1 unspecified atom stereocenters. The molecule has 0 radical (unpaired) electrons. The van der Waals surface area contributed by atoms with E-state index < -0.39 is 0 Å². The molecule has 0 fully saturated rings. The lowest BCUT2D eigenvalue weighted by Crippen LogP contribution is -2.31. The second kappa shape index (κ2) is 12.0. The number of aliphatic imine (C=N–C) groups is 2. The summed E-state index contributed by atoms with van der Waals surface area (Å²) in [5.41, 5.74) is 16.1. The minimum atomic E-state index is -0.340. The van der Waals surface area contributed by atoms with Crippen LogP contribution in [0.1, 0.15) is 33.1 Å². The Morgan fingerprint density at radius 2 is 2.00 bits per heavy atom. The summed E-state index contributed by atoms with van der Waals surface area (Å²) in [4.78, 5) is 9.10. The fourth-order valence-electron chi connectivity index (χ4n) is 3.74. The highest BCUT2D eigenvalue weighted by Gasteiger charge is 2.37. The Balaban J connectivity index is 2.52. The fraction of sp³-hybridized carbons (Fsp3) is 0.360. The molecule has 0 aromatic heterocycles. The van der Waals surface area contributed by atoms with Gasteiger partial charge in [0, 0.05) is 18.2 Å². The SMILES string of the molecule is C=CC1(CC(C=NCC)=CN)CC(=CN)C(=Nc2ccc(F)cc2)C=C1CCNCC. The van der Waals surface area contributed by atoms with E-state index in [-0.39, 0.29) is 11.2 Å². The van der Waals surface area contributed by atoms with Gasteiger partial charge < -0.3 is 16.8 Å². The number of halogens is 1. The fourth-order valence-corrected chi connectivity index (χ4v) is 3.74. The van der Waals surface area contributed by atoms with E-state index in [0.29, 0.717) is 25.1 Å². The maximum Gasteiger partial charge on any atom is 0.123 e. The van der Waals surface area contributed by atoms with E-state index >= 15 is 0 Å². The van der Waals surface area contributed by atoms with Gasteiger partial charge in [0.15, 0.2) is 0 Å². The molecule has 0 saturated heterocycles. The van der Waals surface area contributed by atoms with Gasteiger partial charge in [0.05, 0.1) is 11.4 Å². The molecule has 0 bridgehead atoms. The molecule has 6 heteroatoms. The maximum atomic E-state index is 13.3. The Bertz CT molecular complexity index is 893. The van der Waals surface area contributed by atoms with Crippen LogP contribution < -0.4 is 16.8 Å². The van der Waals surface area contributed by atoms with E-state index in [1.807, 2.05) is 19.2 Å². The number of hydrogen-bond acceptors (Lipinski definition) is 5. The Morgan fingerprint density at radius 1 is 1.26 bits per heavy atom. The Labute approximate surface area is 185 Å². The molecule has 1 atom stereocenters. The minimum absolute atomic E-state index is 0.287. The first-order valence-electron chi connectivity index (χ1n) is 10.7. The summed E-state index contributed by atoms with van der Waals surface area (Å²) < 4.78 is 13.3. The van der Waals surface area contributed by atoms with E-state index in [1.54, 1.807) is 24.5 Å². The predicted octanol–water partition coefficient (Wildman–Crippen LogP) is 4.57. The third-order valence-corrected chi connectivity index (χ3v) is 5.45. The predicted molar refractivity (Wildman–Crippen MR) is 130 cm³/mol. The monoisotopic (exact) mass is 423 g/mol. The van der Waals surface area contributed by atoms with Crippen molar-refractivity contribution in [3.8, 4) is 0 Å². The highest BCUT2D eigenvalue weighted by Crippen LogP contribution is 2.46. The normalized spacial score (nSPS) is 22.3. The van der Waals surface area contributed by atoms with Crippen molar-refractivity contribution in [1.29, 1.82) is 0 Å². The van der Waals surface area contributed by atoms with E-state index in [2.05, 4.69) is 29.9 Å². The van der Waals surface area contributed by atoms with Crippen molar-refractivity contribution in [3.05, 3.63) is 77.9 Å². The summed E-state index contributed by atoms with van der Waals surface area (Å²) >= 11 is 0. The molecule has 2 rings (SSSR count). The number of allylic oxidation sites excluding steroid dienone is 4. The molecule has 0 heterocycles. The quantitative estimate of drug-likeness (QED) is 0.293. The summed E-state index contributed by atoms with van der Waals surface area (Å²) in [5.74, 6) is -0.287. The smallest absolute Gasteiger partial charge is 0.123 e. The summed E-state index contributed by atoms with van der Waals surface area (Å²) in [6, 6.07) is 6.13. The molecule has 1 aliphatic carbocycles. The van der Waals surface area contributed by atoms with Crippen LogP contribution in [0.2, 0.25) is 0 Å². The molecule has 0 amide bonds. The van der Waals surface area contributed by atoms with E-state index in [1.165, 1.54) is 17.7 Å². The third-order valence-electron chi connectivity index (χ3n) is 5.45. The van der Waals surface area contributed by atoms with Crippen molar-refractivity contribution in [3.63, 3.8) is 0 Å². The average Bonchev–Trinajstić information content (AvgIpc) is 2.79. The second-order valence-electron chi connectivity index (χ2n) is 7.52. The van der Waals surface area contributed by atoms with Gasteiger partial charge in [0.1, 0.15) is 5.82 Å². The van der Waals surface area contributed by atoms with Crippen molar-refractivity contribution in [2.45, 2.75) is 33.1 Å². The minimum Gasteiger partial charge on any atom is -0.404 e. The van der Waals surface area contributed by atoms with Gasteiger partial charge in [0.2, 0.25) is 0 Å². The number of benzene rings is 1. The zero-order chi connectivity index (χ0) is 22.7. The van der Waals surface area contributed by atoms with Gasteiger partial charge in [-0.25, -0.2) is 9.38 Å². The summed E-state index contributed by atoms with van der Waals surface area (Å²) in [5, 5.41) is 3.39. The summed E-state index contributed by atoms with van der Waals surface area (Å²) in [6.45, 7) is 10.7. The lowest BCUT2D eigenvalue weighted by Gasteiger charge is -2.38.